The van der Waals surface area contributed by atoms with Gasteiger partial charge in [-0.2, -0.15) is 0 Å². The molecule has 84 valence electrons. The number of methoxy groups -OCH3 is 1. The van der Waals surface area contributed by atoms with Crippen LogP contribution in [-0.4, -0.2) is 31.5 Å². The Balaban J connectivity index is 3.03. The Kier molecular flexibility index (Phi) is 3.78. The summed E-state index contributed by atoms with van der Waals surface area (Å²) in [5, 5.41) is 0. The molecule has 0 aliphatic rings. The second kappa shape index (κ2) is 5.08. The molecule has 1 amide bonds. The van der Waals surface area contributed by atoms with E-state index in [1.165, 1.54) is 12.0 Å². The van der Waals surface area contributed by atoms with Gasteiger partial charge in [0.1, 0.15) is 5.75 Å². The van der Waals surface area contributed by atoms with Gasteiger partial charge in [-0.1, -0.05) is 5.92 Å². The lowest BCUT2D eigenvalue weighted by molar-refractivity contribution is 0.0813. The Labute approximate surface area is 95.0 Å². The minimum atomic E-state index is -0.214. The highest BCUT2D eigenvalue weighted by molar-refractivity contribution is 5.99. The molecule has 2 N–H and O–H groups in total. The highest BCUT2D eigenvalue weighted by Gasteiger charge is 2.14. The highest BCUT2D eigenvalue weighted by atomic mass is 16.5. The molecule has 0 aromatic heterocycles. The first kappa shape index (κ1) is 11.9. The van der Waals surface area contributed by atoms with Gasteiger partial charge in [0, 0.05) is 12.7 Å². The molecule has 4 nitrogen and oxygen atoms in total. The van der Waals surface area contributed by atoms with Crippen molar-refractivity contribution in [2.24, 2.45) is 0 Å². The van der Waals surface area contributed by atoms with Gasteiger partial charge in [0.2, 0.25) is 0 Å². The number of amides is 1. The molecular weight excluding hydrogens is 204 g/mol. The van der Waals surface area contributed by atoms with Crippen LogP contribution in [0.15, 0.2) is 18.2 Å². The zero-order valence-corrected chi connectivity index (χ0v) is 9.36. The van der Waals surface area contributed by atoms with Gasteiger partial charge in [0.05, 0.1) is 19.2 Å². The first-order valence-electron chi connectivity index (χ1n) is 4.72. The molecule has 0 saturated heterocycles. The van der Waals surface area contributed by atoms with E-state index in [2.05, 4.69) is 5.92 Å². The summed E-state index contributed by atoms with van der Waals surface area (Å²) in [4.78, 5) is 13.3. The Morgan fingerprint density at radius 1 is 1.62 bits per heavy atom. The number of carbonyl (C=O) groups excluding carboxylic acids is 1. The van der Waals surface area contributed by atoms with E-state index in [9.17, 15) is 4.79 Å². The standard InChI is InChI=1S/C12H14N2O2/c1-4-7-14(2)12(15)10-8-9(16-3)5-6-11(10)13/h1,5-6,8H,7,13H2,2-3H3. The van der Waals surface area contributed by atoms with Crippen molar-refractivity contribution >= 4 is 11.6 Å². The van der Waals surface area contributed by atoms with E-state index in [4.69, 9.17) is 16.9 Å². The fourth-order valence-corrected chi connectivity index (χ4v) is 1.26. The van der Waals surface area contributed by atoms with Crippen LogP contribution in [0.3, 0.4) is 0 Å². The van der Waals surface area contributed by atoms with Gasteiger partial charge >= 0.3 is 0 Å². The molecule has 0 radical (unpaired) electrons. The van der Waals surface area contributed by atoms with E-state index in [1.54, 1.807) is 25.2 Å². The Hall–Kier alpha value is -2.15. The molecule has 1 aromatic rings. The highest BCUT2D eigenvalue weighted by Crippen LogP contribution is 2.20. The fraction of sp³-hybridized carbons (Fsp3) is 0.250. The third kappa shape index (κ3) is 2.45. The van der Waals surface area contributed by atoms with Gasteiger partial charge in [-0.15, -0.1) is 6.42 Å². The number of nitrogens with two attached hydrogens (primary N) is 1. The molecule has 0 aliphatic carbocycles. The number of nitrogens with zero attached hydrogens (tertiary/aromatic N) is 1. The lowest BCUT2D eigenvalue weighted by Gasteiger charge is -2.15. The SMILES string of the molecule is C#CCN(C)C(=O)c1cc(OC)ccc1N. The normalized spacial score (nSPS) is 9.31. The van der Waals surface area contributed by atoms with E-state index in [0.717, 1.165) is 0 Å². The maximum atomic E-state index is 11.9. The van der Waals surface area contributed by atoms with Crippen molar-refractivity contribution in [3.8, 4) is 18.1 Å². The third-order valence-corrected chi connectivity index (χ3v) is 2.17. The van der Waals surface area contributed by atoms with E-state index in [1.807, 2.05) is 0 Å². The maximum absolute atomic E-state index is 11.9. The number of carbonyl (C=O) groups is 1. The third-order valence-electron chi connectivity index (χ3n) is 2.17. The van der Waals surface area contributed by atoms with Gasteiger partial charge in [0.15, 0.2) is 0 Å². The van der Waals surface area contributed by atoms with E-state index in [0.29, 0.717) is 17.0 Å². The summed E-state index contributed by atoms with van der Waals surface area (Å²) in [5.74, 6) is 2.78. The zero-order valence-electron chi connectivity index (χ0n) is 9.36. The van der Waals surface area contributed by atoms with Gasteiger partial charge in [-0.3, -0.25) is 4.79 Å². The molecule has 0 spiro atoms. The molecule has 0 saturated carbocycles. The maximum Gasteiger partial charge on any atom is 0.256 e. The predicted molar refractivity (Wildman–Crippen MR) is 63.2 cm³/mol. The first-order valence-corrected chi connectivity index (χ1v) is 4.72. The average Bonchev–Trinajstić information content (AvgIpc) is 2.29. The van der Waals surface area contributed by atoms with E-state index in [-0.39, 0.29) is 12.5 Å². The summed E-state index contributed by atoms with van der Waals surface area (Å²) >= 11 is 0. The molecule has 0 bridgehead atoms. The summed E-state index contributed by atoms with van der Waals surface area (Å²) in [6, 6.07) is 4.94. The van der Waals surface area contributed by atoms with Crippen LogP contribution in [0.2, 0.25) is 0 Å². The molecule has 0 aliphatic heterocycles. The predicted octanol–water partition coefficient (Wildman–Crippen LogP) is 0.983. The topological polar surface area (TPSA) is 55.6 Å². The Bertz CT molecular complexity index is 435. The average molecular weight is 218 g/mol. The number of hydrogen-bond donors (Lipinski definition) is 1. The second-order valence-corrected chi connectivity index (χ2v) is 3.32. The number of nitrogen functional groups attached to an aromatic ring is 1. The van der Waals surface area contributed by atoms with Crippen molar-refractivity contribution in [3.63, 3.8) is 0 Å². The monoisotopic (exact) mass is 218 g/mol. The molecule has 0 heterocycles. The van der Waals surface area contributed by atoms with Crippen molar-refractivity contribution in [1.82, 2.24) is 4.90 Å². The lowest BCUT2D eigenvalue weighted by atomic mass is 10.1. The molecule has 0 atom stereocenters. The summed E-state index contributed by atoms with van der Waals surface area (Å²) in [5.41, 5.74) is 6.54. The van der Waals surface area contributed by atoms with E-state index >= 15 is 0 Å². The van der Waals surface area contributed by atoms with Gasteiger partial charge < -0.3 is 15.4 Å². The molecule has 4 heteroatoms. The Morgan fingerprint density at radius 2 is 2.31 bits per heavy atom. The van der Waals surface area contributed by atoms with Crippen LogP contribution in [0.5, 0.6) is 5.75 Å². The summed E-state index contributed by atoms with van der Waals surface area (Å²) in [6.07, 6.45) is 5.14. The number of benzene rings is 1. The number of rotatable bonds is 3. The van der Waals surface area contributed by atoms with Gasteiger partial charge in [0.25, 0.3) is 5.91 Å². The minimum absolute atomic E-state index is 0.214. The molecule has 1 aromatic carbocycles. The van der Waals surface area contributed by atoms with Crippen molar-refractivity contribution in [3.05, 3.63) is 23.8 Å². The number of ether oxygens (including phenoxy) is 1. The fourth-order valence-electron chi connectivity index (χ4n) is 1.26. The lowest BCUT2D eigenvalue weighted by Crippen LogP contribution is -2.27. The smallest absolute Gasteiger partial charge is 0.256 e. The Morgan fingerprint density at radius 3 is 2.88 bits per heavy atom. The van der Waals surface area contributed by atoms with Crippen molar-refractivity contribution in [2.75, 3.05) is 26.4 Å². The van der Waals surface area contributed by atoms with Gasteiger partial charge in [-0.05, 0) is 18.2 Å². The van der Waals surface area contributed by atoms with Crippen LogP contribution in [0, 0.1) is 12.3 Å². The second-order valence-electron chi connectivity index (χ2n) is 3.32. The first-order chi connectivity index (χ1) is 7.60. The molecule has 1 rings (SSSR count). The van der Waals surface area contributed by atoms with Gasteiger partial charge in [-0.25, -0.2) is 0 Å². The number of hydrogen-bond acceptors (Lipinski definition) is 3. The van der Waals surface area contributed by atoms with Crippen LogP contribution < -0.4 is 10.5 Å². The quantitative estimate of drug-likeness (QED) is 0.608. The largest absolute Gasteiger partial charge is 0.497 e. The van der Waals surface area contributed by atoms with Crippen LogP contribution in [0.25, 0.3) is 0 Å². The minimum Gasteiger partial charge on any atom is -0.497 e. The number of anilines is 1. The number of terminal acetylenes is 1. The van der Waals surface area contributed by atoms with Crippen molar-refractivity contribution in [1.29, 1.82) is 0 Å². The molecule has 16 heavy (non-hydrogen) atoms. The van der Waals surface area contributed by atoms with Crippen LogP contribution >= 0.6 is 0 Å². The van der Waals surface area contributed by atoms with Crippen molar-refractivity contribution in [2.45, 2.75) is 0 Å². The van der Waals surface area contributed by atoms with Crippen LogP contribution in [-0.2, 0) is 0 Å². The molecule has 0 unspecified atom stereocenters. The summed E-state index contributed by atoms with van der Waals surface area (Å²) in [7, 11) is 3.16. The van der Waals surface area contributed by atoms with Crippen LogP contribution in [0.1, 0.15) is 10.4 Å². The molecular formula is C12H14N2O2. The van der Waals surface area contributed by atoms with Crippen molar-refractivity contribution < 1.29 is 9.53 Å². The summed E-state index contributed by atoms with van der Waals surface area (Å²) < 4.78 is 5.03. The summed E-state index contributed by atoms with van der Waals surface area (Å²) in [6.45, 7) is 0.246. The molecule has 0 fully saturated rings. The van der Waals surface area contributed by atoms with Crippen LogP contribution in [0.4, 0.5) is 5.69 Å². The zero-order chi connectivity index (χ0) is 12.1. The van der Waals surface area contributed by atoms with E-state index < -0.39 is 0 Å².